The Balaban J connectivity index is 1.96. The van der Waals surface area contributed by atoms with Gasteiger partial charge >= 0.3 is 0 Å². The van der Waals surface area contributed by atoms with Gasteiger partial charge in [-0.1, -0.05) is 0 Å². The molecule has 0 aliphatic heterocycles. The average molecular weight is 260 g/mol. The van der Waals surface area contributed by atoms with Crippen molar-refractivity contribution >= 4 is 28.7 Å². The zero-order chi connectivity index (χ0) is 12.5. The van der Waals surface area contributed by atoms with Gasteiger partial charge in [0.25, 0.3) is 0 Å². The van der Waals surface area contributed by atoms with Crippen LogP contribution in [0.25, 0.3) is 11.2 Å². The van der Waals surface area contributed by atoms with E-state index in [4.69, 9.17) is 4.42 Å². The molecule has 0 spiro atoms. The first-order valence-corrected chi connectivity index (χ1v) is 5.98. The standard InChI is InChI=1S/C11H8N4O2S/c1-6(16)7-2-3-8(17-7)18-11-9-10(13-4-12-9)14-5-15-11/h2-5H,1H3,(H,12,13,14,15). The van der Waals surface area contributed by atoms with Crippen LogP contribution in [0.5, 0.6) is 0 Å². The van der Waals surface area contributed by atoms with Crippen LogP contribution in [0.4, 0.5) is 0 Å². The molecule has 7 heteroatoms. The van der Waals surface area contributed by atoms with Crippen LogP contribution in [0, 0.1) is 0 Å². The molecule has 3 aromatic heterocycles. The van der Waals surface area contributed by atoms with E-state index >= 15 is 0 Å². The van der Waals surface area contributed by atoms with Crippen LogP contribution in [0.2, 0.25) is 0 Å². The van der Waals surface area contributed by atoms with Gasteiger partial charge in [0.1, 0.15) is 16.9 Å². The number of fused-ring (bicyclic) bond motifs is 1. The number of carbonyl (C=O) groups is 1. The minimum Gasteiger partial charge on any atom is -0.446 e. The number of hydrogen-bond donors (Lipinski definition) is 1. The van der Waals surface area contributed by atoms with E-state index in [1.165, 1.54) is 25.0 Å². The number of aromatic amines is 1. The number of carbonyl (C=O) groups excluding carboxylic acids is 1. The number of furan rings is 1. The fourth-order valence-electron chi connectivity index (χ4n) is 1.48. The van der Waals surface area contributed by atoms with Crippen molar-refractivity contribution in [1.29, 1.82) is 0 Å². The molecule has 0 radical (unpaired) electrons. The van der Waals surface area contributed by atoms with Crippen LogP contribution in [0.1, 0.15) is 17.5 Å². The van der Waals surface area contributed by atoms with Gasteiger partial charge in [-0.2, -0.15) is 0 Å². The monoisotopic (exact) mass is 260 g/mol. The summed E-state index contributed by atoms with van der Waals surface area (Å²) in [5.74, 6) is 0.239. The van der Waals surface area contributed by atoms with Gasteiger partial charge in [0, 0.05) is 6.92 Å². The lowest BCUT2D eigenvalue weighted by Gasteiger charge is -1.97. The predicted octanol–water partition coefficient (Wildman–Crippen LogP) is 2.30. The maximum atomic E-state index is 11.1. The molecule has 0 bridgehead atoms. The van der Waals surface area contributed by atoms with E-state index in [1.54, 1.807) is 18.5 Å². The minimum absolute atomic E-state index is 0.101. The second-order valence-electron chi connectivity index (χ2n) is 3.56. The third kappa shape index (κ3) is 1.88. The highest BCUT2D eigenvalue weighted by atomic mass is 32.2. The summed E-state index contributed by atoms with van der Waals surface area (Å²) in [6.07, 6.45) is 3.01. The number of ketones is 1. The zero-order valence-corrected chi connectivity index (χ0v) is 10.2. The van der Waals surface area contributed by atoms with Gasteiger partial charge in [-0.15, -0.1) is 0 Å². The third-order valence-corrected chi connectivity index (χ3v) is 3.24. The lowest BCUT2D eigenvalue weighted by atomic mass is 10.3. The Hall–Kier alpha value is -2.15. The van der Waals surface area contributed by atoms with Crippen molar-refractivity contribution in [3.05, 3.63) is 30.5 Å². The van der Waals surface area contributed by atoms with Crippen LogP contribution < -0.4 is 0 Å². The van der Waals surface area contributed by atoms with Crippen LogP contribution in [0.3, 0.4) is 0 Å². The number of nitrogens with one attached hydrogen (secondary N) is 1. The number of Topliss-reactive ketones (excluding diaryl/α,β-unsaturated/α-hetero) is 1. The van der Waals surface area contributed by atoms with Crippen molar-refractivity contribution in [2.24, 2.45) is 0 Å². The van der Waals surface area contributed by atoms with Gasteiger partial charge in [-0.3, -0.25) is 4.79 Å². The highest BCUT2D eigenvalue weighted by Gasteiger charge is 2.11. The maximum absolute atomic E-state index is 11.1. The minimum atomic E-state index is -0.101. The first kappa shape index (κ1) is 11.0. The Bertz CT molecular complexity index is 718. The van der Waals surface area contributed by atoms with Gasteiger partial charge < -0.3 is 9.40 Å². The van der Waals surface area contributed by atoms with Crippen LogP contribution in [-0.4, -0.2) is 25.7 Å². The Morgan fingerprint density at radius 3 is 3.00 bits per heavy atom. The number of hydrogen-bond acceptors (Lipinski definition) is 6. The van der Waals surface area contributed by atoms with Crippen molar-refractivity contribution < 1.29 is 9.21 Å². The van der Waals surface area contributed by atoms with Crippen molar-refractivity contribution in [3.63, 3.8) is 0 Å². The van der Waals surface area contributed by atoms with Crippen molar-refractivity contribution in [3.8, 4) is 0 Å². The van der Waals surface area contributed by atoms with Crippen LogP contribution in [0.15, 0.2) is 39.3 Å². The summed E-state index contributed by atoms with van der Waals surface area (Å²) in [7, 11) is 0. The Kier molecular flexibility index (Phi) is 2.60. The van der Waals surface area contributed by atoms with E-state index in [0.29, 0.717) is 21.5 Å². The molecule has 0 saturated carbocycles. The van der Waals surface area contributed by atoms with E-state index in [2.05, 4.69) is 19.9 Å². The molecule has 0 atom stereocenters. The van der Waals surface area contributed by atoms with Gasteiger partial charge in [0.15, 0.2) is 22.3 Å². The molecule has 0 aromatic carbocycles. The van der Waals surface area contributed by atoms with E-state index in [1.807, 2.05) is 0 Å². The molecule has 3 heterocycles. The number of rotatable bonds is 3. The Morgan fingerprint density at radius 1 is 1.33 bits per heavy atom. The van der Waals surface area contributed by atoms with Crippen molar-refractivity contribution in [2.75, 3.05) is 0 Å². The SMILES string of the molecule is CC(=O)c1ccc(Sc2ncnc3nc[nH]c23)o1. The maximum Gasteiger partial charge on any atom is 0.194 e. The zero-order valence-electron chi connectivity index (χ0n) is 9.38. The quantitative estimate of drug-likeness (QED) is 0.574. The van der Waals surface area contributed by atoms with E-state index < -0.39 is 0 Å². The molecule has 0 aliphatic rings. The normalized spacial score (nSPS) is 10.9. The predicted molar refractivity (Wildman–Crippen MR) is 64.5 cm³/mol. The molecule has 0 amide bonds. The first-order chi connectivity index (χ1) is 8.74. The summed E-state index contributed by atoms with van der Waals surface area (Å²) in [4.78, 5) is 26.3. The fraction of sp³-hybridized carbons (Fsp3) is 0.0909. The Morgan fingerprint density at radius 2 is 2.22 bits per heavy atom. The molecule has 0 aliphatic carbocycles. The number of imidazole rings is 1. The largest absolute Gasteiger partial charge is 0.446 e. The number of aromatic nitrogens is 4. The molecule has 0 unspecified atom stereocenters. The topological polar surface area (TPSA) is 84.7 Å². The smallest absolute Gasteiger partial charge is 0.194 e. The van der Waals surface area contributed by atoms with Gasteiger partial charge in [-0.25, -0.2) is 15.0 Å². The van der Waals surface area contributed by atoms with Gasteiger partial charge in [0.2, 0.25) is 0 Å². The first-order valence-electron chi connectivity index (χ1n) is 5.17. The van der Waals surface area contributed by atoms with E-state index in [-0.39, 0.29) is 5.78 Å². The lowest BCUT2D eigenvalue weighted by Crippen LogP contribution is -1.86. The van der Waals surface area contributed by atoms with Gasteiger partial charge in [-0.05, 0) is 23.9 Å². The van der Waals surface area contributed by atoms with Crippen molar-refractivity contribution in [2.45, 2.75) is 17.0 Å². The van der Waals surface area contributed by atoms with E-state index in [9.17, 15) is 4.79 Å². The average Bonchev–Trinajstić information content (AvgIpc) is 2.97. The summed E-state index contributed by atoms with van der Waals surface area (Å²) in [6, 6.07) is 3.39. The highest BCUT2D eigenvalue weighted by molar-refractivity contribution is 7.99. The second-order valence-corrected chi connectivity index (χ2v) is 4.55. The Labute approximate surface area is 106 Å². The molecule has 18 heavy (non-hydrogen) atoms. The summed E-state index contributed by atoms with van der Waals surface area (Å²) < 4.78 is 5.39. The summed E-state index contributed by atoms with van der Waals surface area (Å²) in [5, 5.41) is 1.32. The molecule has 3 aromatic rings. The summed E-state index contributed by atoms with van der Waals surface area (Å²) >= 11 is 1.32. The third-order valence-electron chi connectivity index (χ3n) is 2.31. The summed E-state index contributed by atoms with van der Waals surface area (Å²) in [6.45, 7) is 1.46. The number of H-pyrrole nitrogens is 1. The number of nitrogens with zero attached hydrogens (tertiary/aromatic N) is 3. The fourth-order valence-corrected chi connectivity index (χ4v) is 2.29. The van der Waals surface area contributed by atoms with Gasteiger partial charge in [0.05, 0.1) is 6.33 Å². The molecule has 1 N–H and O–H groups in total. The van der Waals surface area contributed by atoms with Crippen LogP contribution >= 0.6 is 11.8 Å². The molecule has 6 nitrogen and oxygen atoms in total. The highest BCUT2D eigenvalue weighted by Crippen LogP contribution is 2.30. The summed E-state index contributed by atoms with van der Waals surface area (Å²) in [5.41, 5.74) is 1.36. The van der Waals surface area contributed by atoms with E-state index in [0.717, 1.165) is 5.52 Å². The lowest BCUT2D eigenvalue weighted by molar-refractivity contribution is 0.0982. The molecule has 0 fully saturated rings. The molecule has 3 rings (SSSR count). The molecular formula is C11H8N4O2S. The molecule has 0 saturated heterocycles. The molecule has 90 valence electrons. The molecular weight excluding hydrogens is 252 g/mol. The second kappa shape index (κ2) is 4.26. The van der Waals surface area contributed by atoms with Crippen molar-refractivity contribution in [1.82, 2.24) is 19.9 Å². The van der Waals surface area contributed by atoms with Crippen LogP contribution in [-0.2, 0) is 0 Å².